The Balaban J connectivity index is 1.73. The first-order valence-corrected chi connectivity index (χ1v) is 16.2. The van der Waals surface area contributed by atoms with Crippen LogP contribution in [0.15, 0.2) is 64.6 Å². The van der Waals surface area contributed by atoms with Gasteiger partial charge in [0.1, 0.15) is 10.6 Å². The molecule has 10 heteroatoms. The van der Waals surface area contributed by atoms with Crippen LogP contribution in [0.4, 0.5) is 0 Å². The Morgan fingerprint density at radius 2 is 1.60 bits per heavy atom. The van der Waals surface area contributed by atoms with E-state index in [1.165, 1.54) is 18.3 Å². The molecule has 0 fully saturated rings. The number of rotatable bonds is 10. The summed E-state index contributed by atoms with van der Waals surface area (Å²) in [5, 5.41) is 15.0. The van der Waals surface area contributed by atoms with E-state index in [0.29, 0.717) is 27.9 Å². The number of carbonyl (C=O) groups is 1. The van der Waals surface area contributed by atoms with Crippen molar-refractivity contribution in [3.63, 3.8) is 0 Å². The number of amides is 1. The van der Waals surface area contributed by atoms with Crippen LogP contribution in [0.25, 0.3) is 0 Å². The lowest BCUT2D eigenvalue weighted by Gasteiger charge is -2.28. The Hall–Kier alpha value is -3.12. The van der Waals surface area contributed by atoms with E-state index in [2.05, 4.69) is 52.1 Å². The Morgan fingerprint density at radius 3 is 2.14 bits per heavy atom. The highest BCUT2D eigenvalue weighted by atomic mass is 127. The van der Waals surface area contributed by atoms with Crippen molar-refractivity contribution in [2.24, 2.45) is 5.10 Å². The second-order valence-electron chi connectivity index (χ2n) is 11.9. The minimum atomic E-state index is -4.06. The molecule has 0 bridgehead atoms. The molecule has 0 aliphatic carbocycles. The summed E-state index contributed by atoms with van der Waals surface area (Å²) < 4.78 is 37.2. The third-order valence-corrected chi connectivity index (χ3v) is 8.42. The fourth-order valence-electron chi connectivity index (χ4n) is 4.23. The molecule has 0 aliphatic heterocycles. The van der Waals surface area contributed by atoms with Gasteiger partial charge in [-0.05, 0) is 93.3 Å². The van der Waals surface area contributed by atoms with Crippen molar-refractivity contribution in [3.8, 4) is 17.2 Å². The average molecular weight is 707 g/mol. The molecular formula is C32H39IN2O6S. The van der Waals surface area contributed by atoms with Gasteiger partial charge in [0.25, 0.3) is 0 Å². The van der Waals surface area contributed by atoms with E-state index in [4.69, 9.17) is 8.92 Å². The minimum Gasteiger partial charge on any atom is -0.507 e. The maximum absolute atomic E-state index is 12.8. The van der Waals surface area contributed by atoms with E-state index in [1.807, 2.05) is 34.7 Å². The van der Waals surface area contributed by atoms with Gasteiger partial charge in [0.05, 0.1) is 16.4 Å². The van der Waals surface area contributed by atoms with Gasteiger partial charge < -0.3 is 14.0 Å². The molecule has 0 aliphatic rings. The van der Waals surface area contributed by atoms with Crippen LogP contribution < -0.4 is 14.3 Å². The third-order valence-electron chi connectivity index (χ3n) is 6.39. The summed E-state index contributed by atoms with van der Waals surface area (Å²) in [5.41, 5.74) is 5.32. The fraction of sp³-hybridized carbons (Fsp3) is 0.375. The van der Waals surface area contributed by atoms with Gasteiger partial charge in [-0.2, -0.15) is 13.5 Å². The maximum atomic E-state index is 12.8. The van der Waals surface area contributed by atoms with Gasteiger partial charge in [-0.15, -0.1) is 0 Å². The smallest absolute Gasteiger partial charge is 0.339 e. The molecule has 0 aromatic heterocycles. The average Bonchev–Trinajstić information content (AvgIpc) is 2.89. The van der Waals surface area contributed by atoms with Crippen LogP contribution in [0.5, 0.6) is 17.2 Å². The van der Waals surface area contributed by atoms with Crippen LogP contribution in [-0.4, -0.2) is 32.3 Å². The van der Waals surface area contributed by atoms with Crippen LogP contribution in [-0.2, 0) is 32.2 Å². The van der Waals surface area contributed by atoms with Crippen LogP contribution >= 0.6 is 22.6 Å². The molecule has 226 valence electrons. The number of nitrogens with one attached hydrogen (secondary N) is 1. The van der Waals surface area contributed by atoms with Crippen LogP contribution in [0, 0.1) is 3.57 Å². The van der Waals surface area contributed by atoms with Gasteiger partial charge in [0.15, 0.2) is 11.5 Å². The first kappa shape index (κ1) is 33.4. The predicted molar refractivity (Wildman–Crippen MR) is 174 cm³/mol. The fourth-order valence-corrected chi connectivity index (χ4v) is 6.09. The molecule has 0 atom stereocenters. The monoisotopic (exact) mass is 706 g/mol. The molecule has 0 heterocycles. The SMILES string of the molecule is CCOc1cc(/C=N\NC(=O)CCc2cc(C(C)(C)C)c(O)c(C(C)(C)C)c2)cc(I)c1OS(=O)(=O)c1ccccc1. The summed E-state index contributed by atoms with van der Waals surface area (Å²) in [6.45, 7) is 14.4. The normalized spacial score (nSPS) is 12.4. The van der Waals surface area contributed by atoms with E-state index in [9.17, 15) is 18.3 Å². The van der Waals surface area contributed by atoms with Crippen molar-refractivity contribution in [3.05, 3.63) is 80.4 Å². The van der Waals surface area contributed by atoms with Crippen LogP contribution in [0.2, 0.25) is 0 Å². The highest BCUT2D eigenvalue weighted by Crippen LogP contribution is 2.40. The zero-order valence-electron chi connectivity index (χ0n) is 25.1. The number of hydrogen-bond acceptors (Lipinski definition) is 7. The molecular weight excluding hydrogens is 667 g/mol. The lowest BCUT2D eigenvalue weighted by molar-refractivity contribution is -0.121. The summed E-state index contributed by atoms with van der Waals surface area (Å²) in [6.07, 6.45) is 2.16. The lowest BCUT2D eigenvalue weighted by atomic mass is 9.78. The molecule has 0 radical (unpaired) electrons. The second-order valence-corrected chi connectivity index (χ2v) is 14.7. The molecule has 0 spiro atoms. The van der Waals surface area contributed by atoms with Crippen LogP contribution in [0.1, 0.15) is 77.1 Å². The summed E-state index contributed by atoms with van der Waals surface area (Å²) in [4.78, 5) is 12.7. The number of nitrogens with zero attached hydrogens (tertiary/aromatic N) is 1. The maximum Gasteiger partial charge on any atom is 0.339 e. The predicted octanol–water partition coefficient (Wildman–Crippen LogP) is 6.84. The molecule has 0 unspecified atom stereocenters. The molecule has 8 nitrogen and oxygen atoms in total. The van der Waals surface area contributed by atoms with Gasteiger partial charge in [0, 0.05) is 6.42 Å². The number of aryl methyl sites for hydroxylation is 1. The van der Waals surface area contributed by atoms with Gasteiger partial charge in [0.2, 0.25) is 5.91 Å². The minimum absolute atomic E-state index is 0.0353. The van der Waals surface area contributed by atoms with Gasteiger partial charge in [-0.25, -0.2) is 5.43 Å². The number of phenols is 1. The van der Waals surface area contributed by atoms with Crippen LogP contribution in [0.3, 0.4) is 0 Å². The zero-order chi connectivity index (χ0) is 31.3. The highest BCUT2D eigenvalue weighted by molar-refractivity contribution is 14.1. The van der Waals surface area contributed by atoms with Gasteiger partial charge >= 0.3 is 10.1 Å². The van der Waals surface area contributed by atoms with E-state index in [-0.39, 0.29) is 39.6 Å². The zero-order valence-corrected chi connectivity index (χ0v) is 28.1. The first-order chi connectivity index (χ1) is 19.5. The quantitative estimate of drug-likeness (QED) is 0.103. The molecule has 0 saturated carbocycles. The van der Waals surface area contributed by atoms with E-state index >= 15 is 0 Å². The van der Waals surface area contributed by atoms with Gasteiger partial charge in [-0.1, -0.05) is 71.9 Å². The van der Waals surface area contributed by atoms with Crippen molar-refractivity contribution in [1.29, 1.82) is 0 Å². The lowest BCUT2D eigenvalue weighted by Crippen LogP contribution is -2.20. The van der Waals surface area contributed by atoms with Gasteiger partial charge in [-0.3, -0.25) is 4.79 Å². The molecule has 3 aromatic rings. The van der Waals surface area contributed by atoms with Crippen molar-refractivity contribution >= 4 is 44.8 Å². The number of halogens is 1. The molecule has 1 amide bonds. The molecule has 42 heavy (non-hydrogen) atoms. The number of benzene rings is 3. The summed E-state index contributed by atoms with van der Waals surface area (Å²) in [5.74, 6) is 0.375. The Bertz CT molecular complexity index is 1520. The summed E-state index contributed by atoms with van der Waals surface area (Å²) in [6, 6.07) is 15.1. The first-order valence-electron chi connectivity index (χ1n) is 13.7. The molecule has 0 saturated heterocycles. The Morgan fingerprint density at radius 1 is 1.00 bits per heavy atom. The van der Waals surface area contributed by atoms with Crippen molar-refractivity contribution in [2.45, 2.75) is 77.0 Å². The Labute approximate surface area is 262 Å². The molecule has 3 aromatic carbocycles. The number of phenolic OH excluding ortho intramolecular Hbond substituents is 1. The standard InChI is InChI=1S/C32H39IN2O6S/c1-8-40-27-19-22(18-26(33)30(27)41-42(38,39)23-12-10-9-11-13-23)20-34-35-28(36)15-14-21-16-24(31(2,3)4)29(37)25(17-21)32(5,6)7/h9-13,16-20,37H,8,14-15H2,1-7H3,(H,35,36)/b34-20-. The third kappa shape index (κ3) is 8.70. The van der Waals surface area contributed by atoms with E-state index in [1.54, 1.807) is 37.3 Å². The number of hydrazone groups is 1. The van der Waals surface area contributed by atoms with Crippen molar-refractivity contribution in [2.75, 3.05) is 6.61 Å². The molecule has 2 N–H and O–H groups in total. The number of aromatic hydroxyl groups is 1. The topological polar surface area (TPSA) is 114 Å². The largest absolute Gasteiger partial charge is 0.507 e. The summed E-state index contributed by atoms with van der Waals surface area (Å²) >= 11 is 1.98. The highest BCUT2D eigenvalue weighted by Gasteiger charge is 2.27. The van der Waals surface area contributed by atoms with E-state index in [0.717, 1.165) is 16.7 Å². The Kier molecular flexibility index (Phi) is 10.7. The van der Waals surface area contributed by atoms with E-state index < -0.39 is 10.1 Å². The second kappa shape index (κ2) is 13.5. The number of ether oxygens (including phenoxy) is 1. The number of carbonyl (C=O) groups excluding carboxylic acids is 1. The molecule has 3 rings (SSSR count). The van der Waals surface area contributed by atoms with Crippen molar-refractivity contribution in [1.82, 2.24) is 5.43 Å². The van der Waals surface area contributed by atoms with Crippen molar-refractivity contribution < 1.29 is 27.2 Å². The number of hydrogen-bond donors (Lipinski definition) is 2. The summed E-state index contributed by atoms with van der Waals surface area (Å²) in [7, 11) is -4.06.